The van der Waals surface area contributed by atoms with Crippen LogP contribution < -0.4 is 4.90 Å². The standard InChI is InChI=1S/C30H27Br2N/c1-30(2,3)24-10-18-28(19-11-24)33(29-20-14-26(32)15-21-29)27-16-8-23(9-17-27)5-4-22-6-12-25(31)13-7-22/h4-21H,1-3H3. The number of rotatable bonds is 5. The highest BCUT2D eigenvalue weighted by atomic mass is 79.9. The lowest BCUT2D eigenvalue weighted by atomic mass is 9.87. The molecule has 0 bridgehead atoms. The maximum atomic E-state index is 3.56. The zero-order valence-corrected chi connectivity index (χ0v) is 22.3. The SMILES string of the molecule is CC(C)(C)c1ccc(N(c2ccc(Br)cc2)c2ccc(C=Cc3ccc(Br)cc3)cc2)cc1. The smallest absolute Gasteiger partial charge is 0.0462 e. The van der Waals surface area contributed by atoms with E-state index in [1.54, 1.807) is 0 Å². The normalized spacial score (nSPS) is 11.7. The van der Waals surface area contributed by atoms with E-state index in [2.05, 4.69) is 167 Å². The van der Waals surface area contributed by atoms with Gasteiger partial charge in [-0.3, -0.25) is 0 Å². The first-order chi connectivity index (χ1) is 15.8. The van der Waals surface area contributed by atoms with E-state index < -0.39 is 0 Å². The van der Waals surface area contributed by atoms with Crippen LogP contribution in [-0.2, 0) is 5.41 Å². The largest absolute Gasteiger partial charge is 0.311 e. The van der Waals surface area contributed by atoms with Crippen LogP contribution in [0.4, 0.5) is 17.1 Å². The first kappa shape index (κ1) is 23.5. The van der Waals surface area contributed by atoms with Gasteiger partial charge < -0.3 is 4.90 Å². The van der Waals surface area contributed by atoms with E-state index in [-0.39, 0.29) is 5.41 Å². The number of hydrogen-bond donors (Lipinski definition) is 0. The minimum Gasteiger partial charge on any atom is -0.311 e. The first-order valence-electron chi connectivity index (χ1n) is 11.0. The van der Waals surface area contributed by atoms with Crippen molar-refractivity contribution in [2.75, 3.05) is 4.90 Å². The number of nitrogens with zero attached hydrogens (tertiary/aromatic N) is 1. The second-order valence-corrected chi connectivity index (χ2v) is 10.9. The molecule has 0 fully saturated rings. The van der Waals surface area contributed by atoms with Gasteiger partial charge in [0.05, 0.1) is 0 Å². The van der Waals surface area contributed by atoms with Gasteiger partial charge in [-0.25, -0.2) is 0 Å². The average molecular weight is 561 g/mol. The summed E-state index contributed by atoms with van der Waals surface area (Å²) >= 11 is 7.05. The molecule has 4 aromatic rings. The molecule has 166 valence electrons. The summed E-state index contributed by atoms with van der Waals surface area (Å²) in [5.74, 6) is 0. The van der Waals surface area contributed by atoms with E-state index in [0.717, 1.165) is 26.0 Å². The predicted octanol–water partition coefficient (Wildman–Crippen LogP) is 10.1. The number of hydrogen-bond acceptors (Lipinski definition) is 1. The molecule has 0 amide bonds. The Bertz CT molecular complexity index is 1220. The third kappa shape index (κ3) is 6.04. The van der Waals surface area contributed by atoms with Gasteiger partial charge in [0, 0.05) is 26.0 Å². The van der Waals surface area contributed by atoms with Gasteiger partial charge in [-0.15, -0.1) is 0 Å². The van der Waals surface area contributed by atoms with Gasteiger partial charge >= 0.3 is 0 Å². The maximum absolute atomic E-state index is 3.56. The Hall–Kier alpha value is -2.62. The minimum absolute atomic E-state index is 0.129. The molecule has 1 nitrogen and oxygen atoms in total. The minimum atomic E-state index is 0.129. The fourth-order valence-electron chi connectivity index (χ4n) is 3.65. The second-order valence-electron chi connectivity index (χ2n) is 9.09. The zero-order valence-electron chi connectivity index (χ0n) is 19.1. The molecular formula is C30H27Br2N. The quantitative estimate of drug-likeness (QED) is 0.219. The highest BCUT2D eigenvalue weighted by Gasteiger charge is 2.16. The van der Waals surface area contributed by atoms with Crippen molar-refractivity contribution in [2.24, 2.45) is 0 Å². The fourth-order valence-corrected chi connectivity index (χ4v) is 4.18. The Kier molecular flexibility index (Phi) is 7.21. The van der Waals surface area contributed by atoms with E-state index in [0.29, 0.717) is 0 Å². The number of benzene rings is 4. The molecule has 0 aliphatic carbocycles. The van der Waals surface area contributed by atoms with Crippen molar-refractivity contribution in [3.8, 4) is 0 Å². The summed E-state index contributed by atoms with van der Waals surface area (Å²) in [5.41, 5.74) is 7.20. The van der Waals surface area contributed by atoms with Crippen LogP contribution in [0.15, 0.2) is 106 Å². The molecule has 0 saturated heterocycles. The van der Waals surface area contributed by atoms with Crippen LogP contribution in [0.2, 0.25) is 0 Å². The maximum Gasteiger partial charge on any atom is 0.0462 e. The lowest BCUT2D eigenvalue weighted by molar-refractivity contribution is 0.590. The Morgan fingerprint density at radius 1 is 0.515 bits per heavy atom. The van der Waals surface area contributed by atoms with Gasteiger partial charge in [-0.05, 0) is 82.8 Å². The Labute approximate surface area is 214 Å². The molecule has 0 spiro atoms. The Morgan fingerprint density at radius 3 is 1.27 bits per heavy atom. The van der Waals surface area contributed by atoms with E-state index in [9.17, 15) is 0 Å². The number of halogens is 2. The topological polar surface area (TPSA) is 3.24 Å². The molecule has 4 aromatic carbocycles. The number of anilines is 3. The molecule has 3 heteroatoms. The lowest BCUT2D eigenvalue weighted by Gasteiger charge is -2.27. The molecule has 0 saturated carbocycles. The molecule has 0 N–H and O–H groups in total. The Balaban J connectivity index is 1.65. The van der Waals surface area contributed by atoms with Crippen molar-refractivity contribution in [3.63, 3.8) is 0 Å². The molecular weight excluding hydrogens is 534 g/mol. The summed E-state index contributed by atoms with van der Waals surface area (Å²) in [6.45, 7) is 6.74. The van der Waals surface area contributed by atoms with Crippen LogP contribution in [0.3, 0.4) is 0 Å². The average Bonchev–Trinajstić information content (AvgIpc) is 2.81. The summed E-state index contributed by atoms with van der Waals surface area (Å²) in [5, 5.41) is 0. The van der Waals surface area contributed by atoms with Crippen LogP contribution in [0.1, 0.15) is 37.5 Å². The third-order valence-corrected chi connectivity index (χ3v) is 6.62. The molecule has 33 heavy (non-hydrogen) atoms. The van der Waals surface area contributed by atoms with Gasteiger partial charge in [-0.1, -0.05) is 101 Å². The summed E-state index contributed by atoms with van der Waals surface area (Å²) in [6.07, 6.45) is 4.29. The van der Waals surface area contributed by atoms with Crippen LogP contribution in [0, 0.1) is 0 Å². The summed E-state index contributed by atoms with van der Waals surface area (Å²) in [7, 11) is 0. The van der Waals surface area contributed by atoms with Crippen LogP contribution >= 0.6 is 31.9 Å². The van der Waals surface area contributed by atoms with Crippen molar-refractivity contribution >= 4 is 61.1 Å². The molecule has 4 rings (SSSR count). The van der Waals surface area contributed by atoms with Crippen molar-refractivity contribution < 1.29 is 0 Å². The van der Waals surface area contributed by atoms with E-state index in [1.807, 2.05) is 0 Å². The molecule has 0 aliphatic rings. The van der Waals surface area contributed by atoms with Crippen molar-refractivity contribution in [2.45, 2.75) is 26.2 Å². The highest BCUT2D eigenvalue weighted by Crippen LogP contribution is 2.36. The third-order valence-electron chi connectivity index (χ3n) is 5.57. The van der Waals surface area contributed by atoms with Crippen molar-refractivity contribution in [1.29, 1.82) is 0 Å². The van der Waals surface area contributed by atoms with Crippen LogP contribution in [0.5, 0.6) is 0 Å². The molecule has 0 atom stereocenters. The highest BCUT2D eigenvalue weighted by molar-refractivity contribution is 9.10. The van der Waals surface area contributed by atoms with E-state index in [4.69, 9.17) is 0 Å². The molecule has 0 unspecified atom stereocenters. The first-order valence-corrected chi connectivity index (χ1v) is 12.6. The Morgan fingerprint density at radius 2 is 0.848 bits per heavy atom. The second kappa shape index (κ2) is 10.1. The van der Waals surface area contributed by atoms with Gasteiger partial charge in [0.25, 0.3) is 0 Å². The van der Waals surface area contributed by atoms with Crippen LogP contribution in [-0.4, -0.2) is 0 Å². The summed E-state index contributed by atoms with van der Waals surface area (Å²) in [4.78, 5) is 2.29. The van der Waals surface area contributed by atoms with Gasteiger partial charge in [0.1, 0.15) is 0 Å². The lowest BCUT2D eigenvalue weighted by Crippen LogP contribution is -2.13. The molecule has 0 aromatic heterocycles. The van der Waals surface area contributed by atoms with Gasteiger partial charge in [0.2, 0.25) is 0 Å². The van der Waals surface area contributed by atoms with Crippen molar-refractivity contribution in [3.05, 3.63) is 123 Å². The molecule has 0 aliphatic heterocycles. The van der Waals surface area contributed by atoms with Gasteiger partial charge in [-0.2, -0.15) is 0 Å². The predicted molar refractivity (Wildman–Crippen MR) is 151 cm³/mol. The molecule has 0 heterocycles. The van der Waals surface area contributed by atoms with Crippen LogP contribution in [0.25, 0.3) is 12.2 Å². The zero-order chi connectivity index (χ0) is 23.4. The van der Waals surface area contributed by atoms with Crippen molar-refractivity contribution in [1.82, 2.24) is 0 Å². The van der Waals surface area contributed by atoms with Gasteiger partial charge in [0.15, 0.2) is 0 Å². The fraction of sp³-hybridized carbons (Fsp3) is 0.133. The monoisotopic (exact) mass is 559 g/mol. The summed E-state index contributed by atoms with van der Waals surface area (Å²) in [6, 6.07) is 34.4. The van der Waals surface area contributed by atoms with E-state index >= 15 is 0 Å². The van der Waals surface area contributed by atoms with E-state index in [1.165, 1.54) is 16.7 Å². The molecule has 0 radical (unpaired) electrons. The summed E-state index contributed by atoms with van der Waals surface area (Å²) < 4.78 is 2.16.